The second-order valence-corrected chi connectivity index (χ2v) is 4.42. The average molecular weight is 285 g/mol. The minimum atomic E-state index is -0.339. The Balaban J connectivity index is 2.52. The first-order valence-corrected chi connectivity index (χ1v) is 5.87. The van der Waals surface area contributed by atoms with Gasteiger partial charge < -0.3 is 4.74 Å². The molecule has 1 aromatic carbocycles. The van der Waals surface area contributed by atoms with Crippen LogP contribution >= 0.6 is 15.9 Å². The highest BCUT2D eigenvalue weighted by Crippen LogP contribution is 2.15. The third kappa shape index (κ3) is 3.77. The number of ketones is 1. The van der Waals surface area contributed by atoms with E-state index in [9.17, 15) is 9.59 Å². The third-order valence-corrected chi connectivity index (χ3v) is 3.05. The Morgan fingerprint density at radius 2 is 1.94 bits per heavy atom. The molecule has 16 heavy (non-hydrogen) atoms. The van der Waals surface area contributed by atoms with Crippen LogP contribution in [0, 0.1) is 0 Å². The molecule has 0 aliphatic carbocycles. The van der Waals surface area contributed by atoms with Crippen LogP contribution in [0.5, 0.6) is 0 Å². The molecule has 1 atom stereocenters. The molecule has 0 amide bonds. The van der Waals surface area contributed by atoms with Gasteiger partial charge in [0.05, 0.1) is 11.9 Å². The van der Waals surface area contributed by atoms with E-state index in [0.29, 0.717) is 12.0 Å². The summed E-state index contributed by atoms with van der Waals surface area (Å²) < 4.78 is 4.51. The summed E-state index contributed by atoms with van der Waals surface area (Å²) in [7, 11) is 1.34. The number of benzene rings is 1. The van der Waals surface area contributed by atoms with Crippen molar-refractivity contribution in [1.82, 2.24) is 0 Å². The Morgan fingerprint density at radius 3 is 2.50 bits per heavy atom. The van der Waals surface area contributed by atoms with E-state index >= 15 is 0 Å². The van der Waals surface area contributed by atoms with Crippen LogP contribution in [0.3, 0.4) is 0 Å². The highest BCUT2D eigenvalue weighted by molar-refractivity contribution is 9.10. The van der Waals surface area contributed by atoms with Gasteiger partial charge in [-0.25, -0.2) is 0 Å². The molecule has 0 aliphatic heterocycles. The summed E-state index contributed by atoms with van der Waals surface area (Å²) in [5, 5.41) is 0. The maximum atomic E-state index is 11.8. The molecule has 0 radical (unpaired) electrons. The van der Waals surface area contributed by atoms with Gasteiger partial charge in [0.25, 0.3) is 0 Å². The number of alkyl halides is 1. The van der Waals surface area contributed by atoms with E-state index in [1.165, 1.54) is 7.11 Å². The zero-order valence-electron chi connectivity index (χ0n) is 8.98. The highest BCUT2D eigenvalue weighted by atomic mass is 79.9. The number of ether oxygens (including phenoxy) is 1. The average Bonchev–Trinajstić information content (AvgIpc) is 2.35. The quantitative estimate of drug-likeness (QED) is 0.474. The van der Waals surface area contributed by atoms with Crippen LogP contribution in [-0.4, -0.2) is 23.7 Å². The van der Waals surface area contributed by atoms with Gasteiger partial charge in [-0.2, -0.15) is 0 Å². The van der Waals surface area contributed by atoms with Gasteiger partial charge in [-0.15, -0.1) is 0 Å². The number of carbonyl (C=O) groups is 2. The predicted molar refractivity (Wildman–Crippen MR) is 64.7 cm³/mol. The first-order chi connectivity index (χ1) is 7.65. The summed E-state index contributed by atoms with van der Waals surface area (Å²) in [5.74, 6) is -0.310. The van der Waals surface area contributed by atoms with E-state index in [1.54, 1.807) is 12.1 Å². The number of carbonyl (C=O) groups excluding carboxylic acids is 2. The van der Waals surface area contributed by atoms with Crippen LogP contribution in [0.1, 0.15) is 23.2 Å². The van der Waals surface area contributed by atoms with Crippen LogP contribution in [0.25, 0.3) is 0 Å². The monoisotopic (exact) mass is 284 g/mol. The molecule has 4 heteroatoms. The molecule has 0 heterocycles. The van der Waals surface area contributed by atoms with E-state index in [-0.39, 0.29) is 23.0 Å². The number of halogens is 1. The molecule has 1 unspecified atom stereocenters. The van der Waals surface area contributed by atoms with Crippen LogP contribution < -0.4 is 0 Å². The normalized spacial score (nSPS) is 11.9. The molecule has 0 N–H and O–H groups in total. The Kier molecular flexibility index (Phi) is 5.19. The topological polar surface area (TPSA) is 43.4 Å². The van der Waals surface area contributed by atoms with E-state index in [4.69, 9.17) is 0 Å². The molecule has 0 spiro atoms. The van der Waals surface area contributed by atoms with E-state index < -0.39 is 0 Å². The van der Waals surface area contributed by atoms with Crippen molar-refractivity contribution < 1.29 is 14.3 Å². The van der Waals surface area contributed by atoms with Gasteiger partial charge in [-0.05, 0) is 6.42 Å². The Morgan fingerprint density at radius 1 is 1.31 bits per heavy atom. The summed E-state index contributed by atoms with van der Waals surface area (Å²) in [6.07, 6.45) is 0.686. The lowest BCUT2D eigenvalue weighted by Crippen LogP contribution is -2.16. The summed E-state index contributed by atoms with van der Waals surface area (Å²) in [4.78, 5) is 22.4. The number of hydrogen-bond donors (Lipinski definition) is 0. The van der Waals surface area contributed by atoms with Gasteiger partial charge in [0.2, 0.25) is 0 Å². The second-order valence-electron chi connectivity index (χ2n) is 3.31. The molecule has 0 aromatic heterocycles. The van der Waals surface area contributed by atoms with Gasteiger partial charge in [0.15, 0.2) is 5.78 Å². The number of rotatable bonds is 5. The molecular weight excluding hydrogens is 272 g/mol. The summed E-state index contributed by atoms with van der Waals surface area (Å²) >= 11 is 3.28. The first kappa shape index (κ1) is 12.9. The van der Waals surface area contributed by atoms with Gasteiger partial charge in [-0.1, -0.05) is 46.3 Å². The summed E-state index contributed by atoms with van der Waals surface area (Å²) in [6, 6.07) is 9.00. The maximum absolute atomic E-state index is 11.8. The molecule has 1 rings (SSSR count). The molecule has 0 aliphatic rings. The van der Waals surface area contributed by atoms with Crippen molar-refractivity contribution in [2.24, 2.45) is 0 Å². The molecule has 0 saturated carbocycles. The number of hydrogen-bond acceptors (Lipinski definition) is 3. The van der Waals surface area contributed by atoms with Crippen molar-refractivity contribution >= 4 is 27.7 Å². The second kappa shape index (κ2) is 6.43. The minimum Gasteiger partial charge on any atom is -0.469 e. The lowest BCUT2D eigenvalue weighted by molar-refractivity contribution is -0.140. The van der Waals surface area contributed by atoms with Gasteiger partial charge in [0, 0.05) is 12.0 Å². The van der Waals surface area contributed by atoms with Crippen molar-refractivity contribution in [1.29, 1.82) is 0 Å². The lowest BCUT2D eigenvalue weighted by Gasteiger charge is -2.07. The van der Waals surface area contributed by atoms with Crippen LogP contribution in [0.2, 0.25) is 0 Å². The van der Waals surface area contributed by atoms with E-state index in [2.05, 4.69) is 20.7 Å². The van der Waals surface area contributed by atoms with E-state index in [1.807, 2.05) is 18.2 Å². The smallest absolute Gasteiger partial charge is 0.305 e. The zero-order valence-corrected chi connectivity index (χ0v) is 10.6. The van der Waals surface area contributed by atoms with Gasteiger partial charge in [-0.3, -0.25) is 9.59 Å². The largest absolute Gasteiger partial charge is 0.469 e. The number of esters is 1. The molecule has 1 aromatic rings. The number of methoxy groups -OCH3 is 1. The maximum Gasteiger partial charge on any atom is 0.305 e. The summed E-state index contributed by atoms with van der Waals surface area (Å²) in [6.45, 7) is 0. The fraction of sp³-hybridized carbons (Fsp3) is 0.333. The van der Waals surface area contributed by atoms with Crippen molar-refractivity contribution in [3.8, 4) is 0 Å². The molecule has 0 bridgehead atoms. The predicted octanol–water partition coefficient (Wildman–Crippen LogP) is 2.59. The van der Waals surface area contributed by atoms with Crippen molar-refractivity contribution in [2.45, 2.75) is 17.7 Å². The first-order valence-electron chi connectivity index (χ1n) is 4.95. The molecule has 0 fully saturated rings. The zero-order chi connectivity index (χ0) is 12.0. The molecular formula is C12H13BrO3. The van der Waals surface area contributed by atoms with Gasteiger partial charge in [0.1, 0.15) is 0 Å². The van der Waals surface area contributed by atoms with Crippen LogP contribution in [0.15, 0.2) is 30.3 Å². The van der Waals surface area contributed by atoms with Gasteiger partial charge >= 0.3 is 5.97 Å². The van der Waals surface area contributed by atoms with Crippen molar-refractivity contribution in [3.05, 3.63) is 35.9 Å². The molecule has 0 saturated heterocycles. The minimum absolute atomic E-state index is 0.00972. The fourth-order valence-corrected chi connectivity index (χ4v) is 1.75. The Hall–Kier alpha value is -1.16. The summed E-state index contributed by atoms with van der Waals surface area (Å²) in [5.41, 5.74) is 0.647. The Labute approximate surface area is 103 Å². The third-order valence-electron chi connectivity index (χ3n) is 2.17. The lowest BCUT2D eigenvalue weighted by atomic mass is 10.1. The SMILES string of the molecule is COC(=O)CCC(Br)C(=O)c1ccccc1. The Bertz CT molecular complexity index is 362. The fourth-order valence-electron chi connectivity index (χ4n) is 1.26. The molecule has 86 valence electrons. The van der Waals surface area contributed by atoms with Crippen molar-refractivity contribution in [3.63, 3.8) is 0 Å². The van der Waals surface area contributed by atoms with Crippen molar-refractivity contribution in [2.75, 3.05) is 7.11 Å². The van der Waals surface area contributed by atoms with Crippen LogP contribution in [-0.2, 0) is 9.53 Å². The number of Topliss-reactive ketones (excluding diaryl/α,β-unsaturated/α-hetero) is 1. The van der Waals surface area contributed by atoms with E-state index in [0.717, 1.165) is 0 Å². The standard InChI is InChI=1S/C12H13BrO3/c1-16-11(14)8-7-10(13)12(15)9-5-3-2-4-6-9/h2-6,10H,7-8H2,1H3. The highest BCUT2D eigenvalue weighted by Gasteiger charge is 2.17. The molecule has 3 nitrogen and oxygen atoms in total. The van der Waals surface area contributed by atoms with Crippen LogP contribution in [0.4, 0.5) is 0 Å².